The molecule has 1 aliphatic heterocycles. The molecule has 6 nitrogen and oxygen atoms in total. The summed E-state index contributed by atoms with van der Waals surface area (Å²) >= 11 is 0. The van der Waals surface area contributed by atoms with Crippen molar-refractivity contribution in [2.75, 3.05) is 6.54 Å². The lowest BCUT2D eigenvalue weighted by Crippen LogP contribution is -2.51. The molecule has 0 aromatic heterocycles. The molecule has 0 saturated carbocycles. The van der Waals surface area contributed by atoms with Gasteiger partial charge in [-0.05, 0) is 20.8 Å². The second-order valence-electron chi connectivity index (χ2n) is 5.08. The van der Waals surface area contributed by atoms with E-state index in [4.69, 9.17) is 5.11 Å². The fourth-order valence-corrected chi connectivity index (χ4v) is 1.66. The number of aliphatic carboxylic acids is 1. The Labute approximate surface area is 94.2 Å². The van der Waals surface area contributed by atoms with E-state index in [1.54, 1.807) is 0 Å². The minimum atomic E-state index is -1.08. The number of rotatable bonds is 1. The van der Waals surface area contributed by atoms with Crippen molar-refractivity contribution in [3.8, 4) is 0 Å². The number of urea groups is 1. The molecule has 2 atom stereocenters. The third-order valence-corrected chi connectivity index (χ3v) is 2.31. The highest BCUT2D eigenvalue weighted by Crippen LogP contribution is 2.18. The summed E-state index contributed by atoms with van der Waals surface area (Å²) in [5.41, 5.74) is -0.423. The standard InChI is InChI=1S/C10H18N2O4/c1-10(2,3)11-9(16)12-5-6(13)4-7(12)8(14)15/h6-7,13H,4-5H2,1-3H3,(H,11,16)(H,14,15). The number of carboxylic acids is 1. The van der Waals surface area contributed by atoms with Gasteiger partial charge in [-0.2, -0.15) is 0 Å². The number of aliphatic hydroxyl groups is 1. The molecular weight excluding hydrogens is 212 g/mol. The zero-order valence-corrected chi connectivity index (χ0v) is 9.73. The minimum Gasteiger partial charge on any atom is -0.480 e. The van der Waals surface area contributed by atoms with E-state index < -0.39 is 29.7 Å². The molecule has 1 heterocycles. The number of likely N-dealkylation sites (tertiary alicyclic amines) is 1. The van der Waals surface area contributed by atoms with Crippen LogP contribution < -0.4 is 5.32 Å². The maximum atomic E-state index is 11.8. The zero-order chi connectivity index (χ0) is 12.5. The monoisotopic (exact) mass is 230 g/mol. The van der Waals surface area contributed by atoms with Crippen LogP contribution in [0.2, 0.25) is 0 Å². The van der Waals surface area contributed by atoms with Crippen LogP contribution in [-0.2, 0) is 4.79 Å². The van der Waals surface area contributed by atoms with E-state index in [0.717, 1.165) is 4.90 Å². The summed E-state index contributed by atoms with van der Waals surface area (Å²) in [5, 5.41) is 21.0. The Morgan fingerprint density at radius 3 is 2.38 bits per heavy atom. The molecule has 0 spiro atoms. The SMILES string of the molecule is CC(C)(C)NC(=O)N1CC(O)CC1C(=O)O. The largest absolute Gasteiger partial charge is 0.480 e. The van der Waals surface area contributed by atoms with Crippen LogP contribution in [0, 0.1) is 0 Å². The summed E-state index contributed by atoms with van der Waals surface area (Å²) in [4.78, 5) is 23.8. The van der Waals surface area contributed by atoms with E-state index in [1.165, 1.54) is 0 Å². The normalized spacial score (nSPS) is 25.6. The van der Waals surface area contributed by atoms with Crippen LogP contribution in [0.5, 0.6) is 0 Å². The van der Waals surface area contributed by atoms with Crippen LogP contribution in [0.25, 0.3) is 0 Å². The van der Waals surface area contributed by atoms with Crippen molar-refractivity contribution in [3.05, 3.63) is 0 Å². The van der Waals surface area contributed by atoms with Gasteiger partial charge in [-0.3, -0.25) is 0 Å². The van der Waals surface area contributed by atoms with Crippen molar-refractivity contribution in [1.82, 2.24) is 10.2 Å². The molecule has 1 saturated heterocycles. The first-order valence-corrected chi connectivity index (χ1v) is 5.20. The predicted octanol–water partition coefficient (Wildman–Crippen LogP) is 0.0143. The summed E-state index contributed by atoms with van der Waals surface area (Å²) in [6.45, 7) is 5.51. The van der Waals surface area contributed by atoms with Crippen molar-refractivity contribution in [2.24, 2.45) is 0 Å². The fraction of sp³-hybridized carbons (Fsp3) is 0.800. The van der Waals surface area contributed by atoms with Gasteiger partial charge >= 0.3 is 12.0 Å². The van der Waals surface area contributed by atoms with E-state index >= 15 is 0 Å². The summed E-state index contributed by atoms with van der Waals surface area (Å²) < 4.78 is 0. The van der Waals surface area contributed by atoms with Crippen LogP contribution in [0.4, 0.5) is 4.79 Å². The van der Waals surface area contributed by atoms with Crippen molar-refractivity contribution >= 4 is 12.0 Å². The predicted molar refractivity (Wildman–Crippen MR) is 57.0 cm³/mol. The van der Waals surface area contributed by atoms with Crippen LogP contribution >= 0.6 is 0 Å². The van der Waals surface area contributed by atoms with Gasteiger partial charge in [0.05, 0.1) is 6.10 Å². The van der Waals surface area contributed by atoms with E-state index in [9.17, 15) is 14.7 Å². The lowest BCUT2D eigenvalue weighted by atomic mass is 10.1. The molecule has 0 aromatic rings. The van der Waals surface area contributed by atoms with Gasteiger partial charge in [0.25, 0.3) is 0 Å². The van der Waals surface area contributed by atoms with Crippen LogP contribution in [-0.4, -0.2) is 51.3 Å². The lowest BCUT2D eigenvalue weighted by molar-refractivity contribution is -0.141. The number of hydrogen-bond donors (Lipinski definition) is 3. The Kier molecular flexibility index (Phi) is 3.42. The first kappa shape index (κ1) is 12.8. The molecule has 1 aliphatic rings. The Bertz CT molecular complexity index is 298. The Balaban J connectivity index is 2.71. The van der Waals surface area contributed by atoms with Crippen molar-refractivity contribution in [3.63, 3.8) is 0 Å². The molecule has 6 heteroatoms. The highest BCUT2D eigenvalue weighted by Gasteiger charge is 2.39. The number of nitrogens with zero attached hydrogens (tertiary/aromatic N) is 1. The lowest BCUT2D eigenvalue weighted by Gasteiger charge is -2.27. The fourth-order valence-electron chi connectivity index (χ4n) is 1.66. The van der Waals surface area contributed by atoms with E-state index in [-0.39, 0.29) is 13.0 Å². The first-order chi connectivity index (χ1) is 7.20. The Morgan fingerprint density at radius 2 is 1.94 bits per heavy atom. The highest BCUT2D eigenvalue weighted by molar-refractivity contribution is 5.83. The average Bonchev–Trinajstić information content (AvgIpc) is 2.44. The van der Waals surface area contributed by atoms with E-state index in [1.807, 2.05) is 20.8 Å². The van der Waals surface area contributed by atoms with Gasteiger partial charge in [0.2, 0.25) is 0 Å². The Morgan fingerprint density at radius 1 is 1.38 bits per heavy atom. The number of β-amino-alcohol motifs (C(OH)–C–C–N with tert-alkyl or cyclic N) is 1. The number of hydrogen-bond acceptors (Lipinski definition) is 3. The zero-order valence-electron chi connectivity index (χ0n) is 9.73. The van der Waals surface area contributed by atoms with Gasteiger partial charge < -0.3 is 20.4 Å². The van der Waals surface area contributed by atoms with Gasteiger partial charge in [-0.25, -0.2) is 9.59 Å². The van der Waals surface area contributed by atoms with Crippen molar-refractivity contribution < 1.29 is 19.8 Å². The molecule has 16 heavy (non-hydrogen) atoms. The molecule has 1 rings (SSSR count). The van der Waals surface area contributed by atoms with Crippen molar-refractivity contribution in [1.29, 1.82) is 0 Å². The highest BCUT2D eigenvalue weighted by atomic mass is 16.4. The van der Waals surface area contributed by atoms with Crippen molar-refractivity contribution in [2.45, 2.75) is 44.9 Å². The topological polar surface area (TPSA) is 89.9 Å². The van der Waals surface area contributed by atoms with Crippen LogP contribution in [0.15, 0.2) is 0 Å². The smallest absolute Gasteiger partial charge is 0.326 e. The molecule has 2 amide bonds. The van der Waals surface area contributed by atoms with Gasteiger partial charge in [0.15, 0.2) is 0 Å². The second kappa shape index (κ2) is 4.29. The summed E-state index contributed by atoms with van der Waals surface area (Å²) in [5.74, 6) is -1.08. The quantitative estimate of drug-likeness (QED) is 0.592. The van der Waals surface area contributed by atoms with Crippen LogP contribution in [0.1, 0.15) is 27.2 Å². The van der Waals surface area contributed by atoms with Crippen LogP contribution in [0.3, 0.4) is 0 Å². The molecule has 3 N–H and O–H groups in total. The minimum absolute atomic E-state index is 0.0683. The first-order valence-electron chi connectivity index (χ1n) is 5.20. The number of carbonyl (C=O) groups is 2. The number of carboxylic acid groups (broad SMARTS) is 1. The third kappa shape index (κ3) is 3.10. The third-order valence-electron chi connectivity index (χ3n) is 2.31. The van der Waals surface area contributed by atoms with E-state index in [0.29, 0.717) is 0 Å². The molecule has 2 unspecified atom stereocenters. The second-order valence-corrected chi connectivity index (χ2v) is 5.08. The molecule has 0 radical (unpaired) electrons. The molecule has 0 aromatic carbocycles. The molecule has 0 aliphatic carbocycles. The Hall–Kier alpha value is -1.30. The molecule has 1 fully saturated rings. The summed E-state index contributed by atoms with van der Waals surface area (Å²) in [6, 6.07) is -1.38. The summed E-state index contributed by atoms with van der Waals surface area (Å²) in [6.07, 6.45) is -0.667. The van der Waals surface area contributed by atoms with Gasteiger partial charge in [0, 0.05) is 18.5 Å². The molecule has 0 bridgehead atoms. The van der Waals surface area contributed by atoms with Gasteiger partial charge in [-0.15, -0.1) is 0 Å². The molecule has 92 valence electrons. The number of nitrogens with one attached hydrogen (secondary N) is 1. The maximum absolute atomic E-state index is 11.8. The number of amides is 2. The van der Waals surface area contributed by atoms with Gasteiger partial charge in [-0.1, -0.05) is 0 Å². The van der Waals surface area contributed by atoms with Gasteiger partial charge in [0.1, 0.15) is 6.04 Å². The van der Waals surface area contributed by atoms with E-state index in [2.05, 4.69) is 5.32 Å². The average molecular weight is 230 g/mol. The number of aliphatic hydroxyl groups excluding tert-OH is 1. The summed E-state index contributed by atoms with van der Waals surface area (Å²) in [7, 11) is 0. The molecular formula is C10H18N2O4. The number of carbonyl (C=O) groups excluding carboxylic acids is 1. The maximum Gasteiger partial charge on any atom is 0.326 e.